The van der Waals surface area contributed by atoms with E-state index in [1.54, 1.807) is 23.5 Å². The number of benzene rings is 2. The van der Waals surface area contributed by atoms with Gasteiger partial charge in [-0.25, -0.2) is 9.97 Å². The van der Waals surface area contributed by atoms with Crippen molar-refractivity contribution in [1.29, 1.82) is 0 Å². The van der Waals surface area contributed by atoms with Gasteiger partial charge in [-0.05, 0) is 48.5 Å². The predicted molar refractivity (Wildman–Crippen MR) is 97.2 cm³/mol. The van der Waals surface area contributed by atoms with Crippen molar-refractivity contribution < 1.29 is 9.18 Å². The Morgan fingerprint density at radius 3 is 2.56 bits per heavy atom. The van der Waals surface area contributed by atoms with Gasteiger partial charge in [-0.1, -0.05) is 12.1 Å². The van der Waals surface area contributed by atoms with Crippen LogP contribution in [-0.4, -0.2) is 15.9 Å². The van der Waals surface area contributed by atoms with Crippen molar-refractivity contribution in [2.45, 2.75) is 0 Å². The number of nitrogens with one attached hydrogen (secondary N) is 1. The van der Waals surface area contributed by atoms with Gasteiger partial charge in [0, 0.05) is 17.4 Å². The van der Waals surface area contributed by atoms with Gasteiger partial charge in [-0.15, -0.1) is 11.3 Å². The van der Waals surface area contributed by atoms with Gasteiger partial charge in [0.2, 0.25) is 5.95 Å². The average Bonchev–Trinajstić information content (AvgIpc) is 3.07. The number of aromatic nitrogens is 2. The standard InChI is InChI=1S/C19H12FN3OS/c20-17-14(4-3-11-21-17)18(24)22-13-9-7-12(8-10-13)19-23-15-5-1-2-6-16(15)25-19/h1-11H,(H,22,24). The number of carbonyl (C=O) groups is 1. The van der Waals surface area contributed by atoms with E-state index in [1.165, 1.54) is 18.3 Å². The Morgan fingerprint density at radius 1 is 1.00 bits per heavy atom. The first-order valence-corrected chi connectivity index (χ1v) is 8.40. The summed E-state index contributed by atoms with van der Waals surface area (Å²) in [5, 5.41) is 3.58. The van der Waals surface area contributed by atoms with Crippen LogP contribution < -0.4 is 5.32 Å². The van der Waals surface area contributed by atoms with Crippen LogP contribution in [-0.2, 0) is 0 Å². The number of para-hydroxylation sites is 1. The maximum Gasteiger partial charge on any atom is 0.260 e. The summed E-state index contributed by atoms with van der Waals surface area (Å²) in [6.07, 6.45) is 1.30. The van der Waals surface area contributed by atoms with Crippen molar-refractivity contribution >= 4 is 33.1 Å². The lowest BCUT2D eigenvalue weighted by Gasteiger charge is -2.06. The third-order valence-electron chi connectivity index (χ3n) is 3.69. The fourth-order valence-corrected chi connectivity index (χ4v) is 3.42. The lowest BCUT2D eigenvalue weighted by molar-refractivity contribution is 0.102. The highest BCUT2D eigenvalue weighted by Gasteiger charge is 2.12. The number of pyridine rings is 1. The van der Waals surface area contributed by atoms with Crippen LogP contribution >= 0.6 is 11.3 Å². The fourth-order valence-electron chi connectivity index (χ4n) is 2.45. The zero-order chi connectivity index (χ0) is 17.2. The average molecular weight is 349 g/mol. The molecule has 4 aromatic rings. The fraction of sp³-hybridized carbons (Fsp3) is 0. The number of fused-ring (bicyclic) bond motifs is 1. The second kappa shape index (κ2) is 6.41. The molecule has 0 radical (unpaired) electrons. The van der Waals surface area contributed by atoms with Crippen molar-refractivity contribution in [2.75, 3.05) is 5.32 Å². The molecule has 0 unspecified atom stereocenters. The Hall–Kier alpha value is -3.12. The Labute approximate surface area is 147 Å². The summed E-state index contributed by atoms with van der Waals surface area (Å²) in [7, 11) is 0. The molecule has 4 nitrogen and oxygen atoms in total. The van der Waals surface area contributed by atoms with Crippen molar-refractivity contribution in [3.05, 3.63) is 78.4 Å². The maximum atomic E-state index is 13.6. The topological polar surface area (TPSA) is 54.9 Å². The van der Waals surface area contributed by atoms with E-state index in [9.17, 15) is 9.18 Å². The number of amides is 1. The molecule has 0 aliphatic heterocycles. The molecule has 1 N–H and O–H groups in total. The first-order chi connectivity index (χ1) is 12.2. The Bertz CT molecular complexity index is 1030. The largest absolute Gasteiger partial charge is 0.322 e. The number of rotatable bonds is 3. The van der Waals surface area contributed by atoms with E-state index in [1.807, 2.05) is 36.4 Å². The van der Waals surface area contributed by atoms with Crippen LogP contribution in [0.3, 0.4) is 0 Å². The minimum absolute atomic E-state index is 0.0854. The summed E-state index contributed by atoms with van der Waals surface area (Å²) in [6.45, 7) is 0. The number of hydrogen-bond donors (Lipinski definition) is 1. The molecule has 2 heterocycles. The van der Waals surface area contributed by atoms with Gasteiger partial charge >= 0.3 is 0 Å². The Morgan fingerprint density at radius 2 is 1.80 bits per heavy atom. The third kappa shape index (κ3) is 3.12. The van der Waals surface area contributed by atoms with Gasteiger partial charge in [0.05, 0.1) is 15.8 Å². The molecule has 2 aromatic carbocycles. The smallest absolute Gasteiger partial charge is 0.260 e. The molecule has 0 aliphatic rings. The third-order valence-corrected chi connectivity index (χ3v) is 4.77. The molecule has 0 saturated carbocycles. The highest BCUT2D eigenvalue weighted by Crippen LogP contribution is 2.30. The van der Waals surface area contributed by atoms with Gasteiger partial charge in [0.15, 0.2) is 0 Å². The SMILES string of the molecule is O=C(Nc1ccc(-c2nc3ccccc3s2)cc1)c1cccnc1F. The van der Waals surface area contributed by atoms with Crippen LogP contribution in [0, 0.1) is 5.95 Å². The zero-order valence-corrected chi connectivity index (χ0v) is 13.8. The number of carbonyl (C=O) groups excluding carboxylic acids is 1. The molecular weight excluding hydrogens is 337 g/mol. The summed E-state index contributed by atoms with van der Waals surface area (Å²) in [5.74, 6) is -1.32. The molecule has 25 heavy (non-hydrogen) atoms. The van der Waals surface area contributed by atoms with E-state index in [2.05, 4.69) is 15.3 Å². The summed E-state index contributed by atoms with van der Waals surface area (Å²) >= 11 is 1.61. The molecule has 0 fully saturated rings. The monoisotopic (exact) mass is 349 g/mol. The molecule has 0 saturated heterocycles. The normalized spacial score (nSPS) is 10.8. The van der Waals surface area contributed by atoms with Crippen LogP contribution in [0.1, 0.15) is 10.4 Å². The maximum absolute atomic E-state index is 13.6. The van der Waals surface area contributed by atoms with Crippen LogP contribution in [0.15, 0.2) is 66.9 Å². The molecule has 0 bridgehead atoms. The van der Waals surface area contributed by atoms with Gasteiger partial charge in [0.1, 0.15) is 5.01 Å². The molecule has 0 spiro atoms. The van der Waals surface area contributed by atoms with Crippen LogP contribution in [0.2, 0.25) is 0 Å². The highest BCUT2D eigenvalue weighted by atomic mass is 32.1. The molecule has 1 amide bonds. The predicted octanol–water partition coefficient (Wildman–Crippen LogP) is 4.75. The van der Waals surface area contributed by atoms with Gasteiger partial charge in [-0.3, -0.25) is 4.79 Å². The van der Waals surface area contributed by atoms with E-state index in [0.717, 1.165) is 20.8 Å². The summed E-state index contributed by atoms with van der Waals surface area (Å²) in [4.78, 5) is 20.2. The summed E-state index contributed by atoms with van der Waals surface area (Å²) in [6, 6.07) is 18.2. The van der Waals surface area contributed by atoms with Crippen LogP contribution in [0.25, 0.3) is 20.8 Å². The summed E-state index contributed by atoms with van der Waals surface area (Å²) < 4.78 is 14.7. The first-order valence-electron chi connectivity index (χ1n) is 7.58. The second-order valence-corrected chi connectivity index (χ2v) is 6.39. The zero-order valence-electron chi connectivity index (χ0n) is 12.9. The number of halogens is 1. The molecule has 0 aliphatic carbocycles. The van der Waals surface area contributed by atoms with Crippen molar-refractivity contribution in [3.8, 4) is 10.6 Å². The Kier molecular flexibility index (Phi) is 3.95. The lowest BCUT2D eigenvalue weighted by atomic mass is 10.2. The molecular formula is C19H12FN3OS. The number of anilines is 1. The molecule has 0 atom stereocenters. The minimum Gasteiger partial charge on any atom is -0.322 e. The molecule has 2 aromatic heterocycles. The van der Waals surface area contributed by atoms with Crippen molar-refractivity contribution in [2.24, 2.45) is 0 Å². The molecule has 6 heteroatoms. The van der Waals surface area contributed by atoms with Gasteiger partial charge in [-0.2, -0.15) is 4.39 Å². The van der Waals surface area contributed by atoms with Crippen LogP contribution in [0.5, 0.6) is 0 Å². The number of nitrogens with zero attached hydrogens (tertiary/aromatic N) is 2. The van der Waals surface area contributed by atoms with Gasteiger partial charge < -0.3 is 5.32 Å². The van der Waals surface area contributed by atoms with E-state index in [-0.39, 0.29) is 5.56 Å². The van der Waals surface area contributed by atoms with E-state index < -0.39 is 11.9 Å². The van der Waals surface area contributed by atoms with Crippen molar-refractivity contribution in [1.82, 2.24) is 9.97 Å². The van der Waals surface area contributed by atoms with Crippen LogP contribution in [0.4, 0.5) is 10.1 Å². The highest BCUT2D eigenvalue weighted by molar-refractivity contribution is 7.21. The van der Waals surface area contributed by atoms with Crippen molar-refractivity contribution in [3.63, 3.8) is 0 Å². The first kappa shape index (κ1) is 15.4. The second-order valence-electron chi connectivity index (χ2n) is 5.36. The summed E-state index contributed by atoms with van der Waals surface area (Å²) in [5.41, 5.74) is 2.43. The quantitative estimate of drug-likeness (QED) is 0.543. The van der Waals surface area contributed by atoms with E-state index in [0.29, 0.717) is 5.69 Å². The molecule has 122 valence electrons. The molecule has 4 rings (SSSR count). The Balaban J connectivity index is 1.56. The number of hydrogen-bond acceptors (Lipinski definition) is 4. The van der Waals surface area contributed by atoms with E-state index >= 15 is 0 Å². The lowest BCUT2D eigenvalue weighted by Crippen LogP contribution is -2.14. The minimum atomic E-state index is -0.786. The number of thiazole rings is 1. The van der Waals surface area contributed by atoms with E-state index in [4.69, 9.17) is 0 Å². The van der Waals surface area contributed by atoms with Gasteiger partial charge in [0.25, 0.3) is 5.91 Å².